The topological polar surface area (TPSA) is 82.6 Å². The van der Waals surface area contributed by atoms with E-state index in [2.05, 4.69) is 42.6 Å². The smallest absolute Gasteiger partial charge is 0.221 e. The Kier molecular flexibility index (Phi) is 4.27. The monoisotopic (exact) mass is 379 g/mol. The molecule has 2 aliphatic heterocycles. The van der Waals surface area contributed by atoms with Crippen molar-refractivity contribution >= 4 is 5.82 Å². The van der Waals surface area contributed by atoms with Gasteiger partial charge in [-0.05, 0) is 57.0 Å². The highest BCUT2D eigenvalue weighted by Gasteiger charge is 2.38. The van der Waals surface area contributed by atoms with Crippen molar-refractivity contribution in [1.82, 2.24) is 30.3 Å². The number of pyridine rings is 1. The van der Waals surface area contributed by atoms with Gasteiger partial charge >= 0.3 is 0 Å². The summed E-state index contributed by atoms with van der Waals surface area (Å²) < 4.78 is 14.4. The number of aromatic nitrogens is 5. The fourth-order valence-electron chi connectivity index (χ4n) is 4.47. The molecule has 144 valence electrons. The van der Waals surface area contributed by atoms with Gasteiger partial charge in [-0.3, -0.25) is 5.10 Å². The number of H-pyrrole nitrogens is 1. The molecule has 0 amide bonds. The molecule has 2 fully saturated rings. The third-order valence-corrected chi connectivity index (χ3v) is 6.04. The normalized spacial score (nSPS) is 24.4. The predicted octanol–water partition coefficient (Wildman–Crippen LogP) is 3.10. The van der Waals surface area contributed by atoms with E-state index in [4.69, 9.17) is 0 Å². The van der Waals surface area contributed by atoms with E-state index >= 15 is 0 Å². The first-order valence-electron chi connectivity index (χ1n) is 9.65. The van der Waals surface area contributed by atoms with Crippen molar-refractivity contribution in [2.45, 2.75) is 43.8 Å². The van der Waals surface area contributed by atoms with Crippen molar-refractivity contribution in [2.75, 3.05) is 12.4 Å². The molecule has 0 aliphatic carbocycles. The summed E-state index contributed by atoms with van der Waals surface area (Å²) in [7, 11) is 2.23. The second-order valence-corrected chi connectivity index (χ2v) is 7.69. The Hall–Kier alpha value is -2.87. The van der Waals surface area contributed by atoms with Crippen LogP contribution >= 0.6 is 0 Å². The first-order chi connectivity index (χ1) is 13.7. The van der Waals surface area contributed by atoms with Gasteiger partial charge in [-0.25, -0.2) is 4.98 Å². The number of anilines is 1. The lowest BCUT2D eigenvalue weighted by molar-refractivity contribution is 0.168. The Morgan fingerprint density at radius 3 is 2.50 bits per heavy atom. The van der Waals surface area contributed by atoms with Crippen LogP contribution in [0.25, 0.3) is 22.5 Å². The molecular weight excluding hydrogens is 357 g/mol. The summed E-state index contributed by atoms with van der Waals surface area (Å²) >= 11 is 0. The van der Waals surface area contributed by atoms with E-state index in [-0.39, 0.29) is 0 Å². The maximum Gasteiger partial charge on any atom is 0.221 e. The van der Waals surface area contributed by atoms with Crippen molar-refractivity contribution in [3.8, 4) is 22.5 Å². The minimum Gasteiger partial charge on any atom is -0.366 e. The number of fused-ring (bicyclic) bond motifs is 2. The number of hydrogen-bond acceptors (Lipinski definition) is 6. The largest absolute Gasteiger partial charge is 0.366 e. The number of halogens is 1. The Morgan fingerprint density at radius 2 is 1.86 bits per heavy atom. The lowest BCUT2D eigenvalue weighted by Gasteiger charge is -2.36. The standard InChI is InChI=1S/C20H22FN7/c1-28-14-2-3-15(28)9-13(8-14)24-19-7-6-18(26-27-19)17-5-4-16(20(21)25-17)12-10-22-23-11-12/h4-7,10-11,13-15H,2-3,8-9H2,1H3,(H,22,23)(H,24,27). The maximum absolute atomic E-state index is 14.4. The number of piperidine rings is 1. The molecule has 3 aromatic rings. The number of nitrogens with one attached hydrogen (secondary N) is 2. The highest BCUT2D eigenvalue weighted by molar-refractivity contribution is 5.65. The molecule has 0 aromatic carbocycles. The molecule has 7 nitrogen and oxygen atoms in total. The lowest BCUT2D eigenvalue weighted by atomic mass is 9.98. The third-order valence-electron chi connectivity index (χ3n) is 6.04. The van der Waals surface area contributed by atoms with Gasteiger partial charge in [-0.1, -0.05) is 0 Å². The van der Waals surface area contributed by atoms with Crippen LogP contribution in [0.3, 0.4) is 0 Å². The predicted molar refractivity (Wildman–Crippen MR) is 104 cm³/mol. The molecule has 2 aliphatic rings. The molecular formula is C20H22FN7. The number of nitrogens with zero attached hydrogens (tertiary/aromatic N) is 5. The van der Waals surface area contributed by atoms with Crippen LogP contribution in [0.1, 0.15) is 25.7 Å². The average molecular weight is 379 g/mol. The Labute approximate surface area is 162 Å². The summed E-state index contributed by atoms with van der Waals surface area (Å²) in [5.74, 6) is 0.206. The van der Waals surface area contributed by atoms with Gasteiger partial charge in [-0.2, -0.15) is 9.49 Å². The highest BCUT2D eigenvalue weighted by atomic mass is 19.1. The van der Waals surface area contributed by atoms with Gasteiger partial charge in [0.2, 0.25) is 5.95 Å². The van der Waals surface area contributed by atoms with E-state index in [1.54, 1.807) is 24.5 Å². The third kappa shape index (κ3) is 3.13. The molecule has 0 spiro atoms. The second kappa shape index (κ2) is 6.94. The maximum atomic E-state index is 14.4. The molecule has 28 heavy (non-hydrogen) atoms. The second-order valence-electron chi connectivity index (χ2n) is 7.69. The molecule has 0 saturated carbocycles. The Morgan fingerprint density at radius 1 is 1.07 bits per heavy atom. The molecule has 8 heteroatoms. The summed E-state index contributed by atoms with van der Waals surface area (Å²) in [4.78, 5) is 6.56. The average Bonchev–Trinajstić information content (AvgIpc) is 3.29. The zero-order valence-corrected chi connectivity index (χ0v) is 15.6. The van der Waals surface area contributed by atoms with Gasteiger partial charge < -0.3 is 10.2 Å². The molecule has 2 saturated heterocycles. The molecule has 5 heterocycles. The van der Waals surface area contributed by atoms with Crippen LogP contribution in [0.2, 0.25) is 0 Å². The zero-order chi connectivity index (χ0) is 19.1. The van der Waals surface area contributed by atoms with Gasteiger partial charge in [0, 0.05) is 35.4 Å². The molecule has 2 N–H and O–H groups in total. The van der Waals surface area contributed by atoms with Gasteiger partial charge in [0.15, 0.2) is 0 Å². The van der Waals surface area contributed by atoms with E-state index in [1.165, 1.54) is 12.8 Å². The number of hydrogen-bond donors (Lipinski definition) is 2. The molecule has 5 rings (SSSR count). The molecule has 3 aromatic heterocycles. The SMILES string of the molecule is CN1C2CCC1CC(Nc1ccc(-c3ccc(-c4cn[nH]c4)c(F)n3)nn1)C2. The first-order valence-corrected chi connectivity index (χ1v) is 9.65. The Balaban J connectivity index is 1.30. The van der Waals surface area contributed by atoms with Crippen molar-refractivity contribution in [3.63, 3.8) is 0 Å². The lowest BCUT2D eigenvalue weighted by Crippen LogP contribution is -2.44. The van der Waals surface area contributed by atoms with Crippen LogP contribution in [-0.2, 0) is 0 Å². The van der Waals surface area contributed by atoms with Crippen LogP contribution in [0.15, 0.2) is 36.7 Å². The van der Waals surface area contributed by atoms with Gasteiger partial charge in [0.05, 0.1) is 11.9 Å². The van der Waals surface area contributed by atoms with E-state index in [0.29, 0.717) is 40.6 Å². The first kappa shape index (κ1) is 17.2. The van der Waals surface area contributed by atoms with Crippen LogP contribution in [0.4, 0.5) is 10.2 Å². The van der Waals surface area contributed by atoms with Crippen LogP contribution < -0.4 is 5.32 Å². The number of aromatic amines is 1. The fourth-order valence-corrected chi connectivity index (χ4v) is 4.47. The van der Waals surface area contributed by atoms with Crippen LogP contribution in [0, 0.1) is 5.95 Å². The van der Waals surface area contributed by atoms with Crippen molar-refractivity contribution in [1.29, 1.82) is 0 Å². The van der Waals surface area contributed by atoms with Gasteiger partial charge in [-0.15, -0.1) is 10.2 Å². The van der Waals surface area contributed by atoms with Gasteiger partial charge in [0.25, 0.3) is 0 Å². The zero-order valence-electron chi connectivity index (χ0n) is 15.6. The van der Waals surface area contributed by atoms with Crippen LogP contribution in [-0.4, -0.2) is 55.5 Å². The van der Waals surface area contributed by atoms with E-state index in [9.17, 15) is 4.39 Å². The molecule has 2 bridgehead atoms. The highest BCUT2D eigenvalue weighted by Crippen LogP contribution is 2.35. The fraction of sp³-hybridized carbons (Fsp3) is 0.400. The van der Waals surface area contributed by atoms with E-state index < -0.39 is 5.95 Å². The number of rotatable bonds is 4. The quantitative estimate of drug-likeness (QED) is 0.678. The molecule has 2 atom stereocenters. The van der Waals surface area contributed by atoms with Gasteiger partial charge in [0.1, 0.15) is 11.5 Å². The van der Waals surface area contributed by atoms with E-state index in [1.807, 2.05) is 12.1 Å². The summed E-state index contributed by atoms with van der Waals surface area (Å²) in [6.07, 6.45) is 8.05. The van der Waals surface area contributed by atoms with E-state index in [0.717, 1.165) is 18.7 Å². The summed E-state index contributed by atoms with van der Waals surface area (Å²) in [6, 6.07) is 8.93. The molecule has 2 unspecified atom stereocenters. The van der Waals surface area contributed by atoms with Crippen molar-refractivity contribution < 1.29 is 4.39 Å². The summed E-state index contributed by atoms with van der Waals surface area (Å²) in [5, 5.41) is 18.6. The molecule has 0 radical (unpaired) electrons. The minimum atomic E-state index is -0.551. The minimum absolute atomic E-state index is 0.403. The summed E-state index contributed by atoms with van der Waals surface area (Å²) in [6.45, 7) is 0. The van der Waals surface area contributed by atoms with Crippen molar-refractivity contribution in [3.05, 3.63) is 42.6 Å². The Bertz CT molecular complexity index is 943. The summed E-state index contributed by atoms with van der Waals surface area (Å²) in [5.41, 5.74) is 2.07. The van der Waals surface area contributed by atoms with Crippen LogP contribution in [0.5, 0.6) is 0 Å². The van der Waals surface area contributed by atoms with Crippen molar-refractivity contribution in [2.24, 2.45) is 0 Å².